The summed E-state index contributed by atoms with van der Waals surface area (Å²) in [5.74, 6) is 1.09. The van der Waals surface area contributed by atoms with Crippen LogP contribution in [0, 0.1) is 0 Å². The third kappa shape index (κ3) is 6.24. The molecular formula is C23H34O4. The largest absolute Gasteiger partial charge is 0.465 e. The van der Waals surface area contributed by atoms with Gasteiger partial charge < -0.3 is 14.2 Å². The number of carbonyl (C=O) groups is 1. The predicted octanol–water partition coefficient (Wildman–Crippen LogP) is 5.74. The van der Waals surface area contributed by atoms with Crippen molar-refractivity contribution in [1.29, 1.82) is 0 Å². The number of hydrogen-bond donors (Lipinski definition) is 0. The second-order valence-corrected chi connectivity index (χ2v) is 7.86. The zero-order valence-electron chi connectivity index (χ0n) is 16.7. The van der Waals surface area contributed by atoms with Gasteiger partial charge in [-0.25, -0.2) is 0 Å². The quantitative estimate of drug-likeness (QED) is 0.430. The fourth-order valence-electron chi connectivity index (χ4n) is 4.14. The number of carbonyl (C=O) groups excluding carboxylic acids is 1. The van der Waals surface area contributed by atoms with Gasteiger partial charge >= 0.3 is 5.97 Å². The fourth-order valence-corrected chi connectivity index (χ4v) is 4.14. The summed E-state index contributed by atoms with van der Waals surface area (Å²) in [5.41, 5.74) is 1.22. The first kappa shape index (κ1) is 20.2. The van der Waals surface area contributed by atoms with Gasteiger partial charge in [0.15, 0.2) is 6.29 Å². The summed E-state index contributed by atoms with van der Waals surface area (Å²) in [6.07, 6.45) is 11.1. The van der Waals surface area contributed by atoms with Crippen molar-refractivity contribution >= 4 is 5.97 Å². The van der Waals surface area contributed by atoms with Gasteiger partial charge in [0.25, 0.3) is 0 Å². The summed E-state index contributed by atoms with van der Waals surface area (Å²) in [7, 11) is 0. The van der Waals surface area contributed by atoms with Crippen LogP contribution in [0.25, 0.3) is 0 Å². The number of esters is 1. The van der Waals surface area contributed by atoms with Crippen LogP contribution in [-0.4, -0.2) is 25.0 Å². The zero-order chi connectivity index (χ0) is 18.9. The highest BCUT2D eigenvalue weighted by Crippen LogP contribution is 2.36. The standard InChI is InChI=1S/C23H34O4/c1-2-3-4-14-22(24)27-21-13-6-5-12-20(21)18-10-9-11-19(17-18)26-23-15-7-8-16-25-23/h9-11,17,20-21,23H,2-8,12-16H2,1H3/t20-,21+,23?/m0/s1. The SMILES string of the molecule is CCCCCC(=O)O[C@@H]1CCCC[C@H]1c1cccc(OC2CCCCO2)c1. The van der Waals surface area contributed by atoms with Gasteiger partial charge in [0.1, 0.15) is 11.9 Å². The first-order valence-electron chi connectivity index (χ1n) is 10.8. The summed E-state index contributed by atoms with van der Waals surface area (Å²) in [6, 6.07) is 8.30. The van der Waals surface area contributed by atoms with Gasteiger partial charge in [-0.3, -0.25) is 4.79 Å². The maximum atomic E-state index is 12.2. The first-order chi connectivity index (χ1) is 13.3. The maximum absolute atomic E-state index is 12.2. The number of ether oxygens (including phenoxy) is 3. The molecule has 1 aliphatic carbocycles. The molecule has 1 unspecified atom stereocenters. The average molecular weight is 375 g/mol. The molecule has 2 fully saturated rings. The Morgan fingerprint density at radius 3 is 2.78 bits per heavy atom. The third-order valence-electron chi connectivity index (χ3n) is 5.66. The molecule has 1 heterocycles. The molecule has 0 aromatic heterocycles. The van der Waals surface area contributed by atoms with Gasteiger partial charge in [-0.05, 0) is 56.2 Å². The Morgan fingerprint density at radius 1 is 1.11 bits per heavy atom. The van der Waals surface area contributed by atoms with Crippen LogP contribution < -0.4 is 4.74 Å². The number of hydrogen-bond acceptors (Lipinski definition) is 4. The molecular weight excluding hydrogens is 340 g/mol. The van der Waals surface area contributed by atoms with Gasteiger partial charge in [0.2, 0.25) is 0 Å². The molecule has 3 rings (SSSR count). The van der Waals surface area contributed by atoms with E-state index in [1.54, 1.807) is 0 Å². The first-order valence-corrected chi connectivity index (χ1v) is 10.8. The van der Waals surface area contributed by atoms with Crippen molar-refractivity contribution in [2.45, 2.75) is 95.9 Å². The van der Waals surface area contributed by atoms with Crippen LogP contribution in [-0.2, 0) is 14.3 Å². The zero-order valence-corrected chi connectivity index (χ0v) is 16.7. The van der Waals surface area contributed by atoms with E-state index >= 15 is 0 Å². The average Bonchev–Trinajstić information content (AvgIpc) is 2.70. The molecule has 4 nitrogen and oxygen atoms in total. The molecule has 27 heavy (non-hydrogen) atoms. The number of rotatable bonds is 8. The molecule has 0 N–H and O–H groups in total. The Hall–Kier alpha value is -1.55. The van der Waals surface area contributed by atoms with E-state index in [4.69, 9.17) is 14.2 Å². The second kappa shape index (κ2) is 10.7. The van der Waals surface area contributed by atoms with Gasteiger partial charge in [-0.2, -0.15) is 0 Å². The fraction of sp³-hybridized carbons (Fsp3) is 0.696. The topological polar surface area (TPSA) is 44.8 Å². The van der Waals surface area contributed by atoms with E-state index in [-0.39, 0.29) is 24.3 Å². The molecule has 0 spiro atoms. The highest BCUT2D eigenvalue weighted by Gasteiger charge is 2.30. The molecule has 4 heteroatoms. The monoisotopic (exact) mass is 374 g/mol. The van der Waals surface area contributed by atoms with Crippen molar-refractivity contribution < 1.29 is 19.0 Å². The summed E-state index contributed by atoms with van der Waals surface area (Å²) < 4.78 is 17.6. The van der Waals surface area contributed by atoms with Crippen LogP contribution >= 0.6 is 0 Å². The molecule has 3 atom stereocenters. The molecule has 1 saturated carbocycles. The van der Waals surface area contributed by atoms with Crippen molar-refractivity contribution in [3.8, 4) is 5.75 Å². The number of benzene rings is 1. The van der Waals surface area contributed by atoms with Crippen LogP contribution in [0.2, 0.25) is 0 Å². The van der Waals surface area contributed by atoms with Crippen LogP contribution in [0.15, 0.2) is 24.3 Å². The minimum Gasteiger partial charge on any atom is -0.465 e. The van der Waals surface area contributed by atoms with Gasteiger partial charge in [0.05, 0.1) is 6.61 Å². The Kier molecular flexibility index (Phi) is 8.00. The smallest absolute Gasteiger partial charge is 0.306 e. The van der Waals surface area contributed by atoms with Crippen LogP contribution in [0.5, 0.6) is 5.75 Å². The Morgan fingerprint density at radius 2 is 1.96 bits per heavy atom. The lowest BCUT2D eigenvalue weighted by molar-refractivity contribution is -0.151. The summed E-state index contributed by atoms with van der Waals surface area (Å²) >= 11 is 0. The van der Waals surface area contributed by atoms with Gasteiger partial charge in [-0.15, -0.1) is 0 Å². The van der Waals surface area contributed by atoms with Gasteiger partial charge in [-0.1, -0.05) is 38.3 Å². The lowest BCUT2D eigenvalue weighted by atomic mass is 9.81. The molecule has 150 valence electrons. The summed E-state index contributed by atoms with van der Waals surface area (Å²) in [5, 5.41) is 0. The Balaban J connectivity index is 1.61. The highest BCUT2D eigenvalue weighted by atomic mass is 16.7. The molecule has 1 saturated heterocycles. The van der Waals surface area contributed by atoms with E-state index in [2.05, 4.69) is 19.1 Å². The normalized spacial score (nSPS) is 25.7. The van der Waals surface area contributed by atoms with Crippen LogP contribution in [0.1, 0.15) is 89.0 Å². The molecule has 1 aromatic rings. The van der Waals surface area contributed by atoms with Crippen molar-refractivity contribution in [3.63, 3.8) is 0 Å². The van der Waals surface area contributed by atoms with E-state index in [0.29, 0.717) is 6.42 Å². The van der Waals surface area contributed by atoms with Crippen molar-refractivity contribution in [1.82, 2.24) is 0 Å². The van der Waals surface area contributed by atoms with E-state index in [0.717, 1.165) is 70.1 Å². The molecule has 2 aliphatic rings. The second-order valence-electron chi connectivity index (χ2n) is 7.86. The minimum absolute atomic E-state index is 0.00550. The Bertz CT molecular complexity index is 579. The predicted molar refractivity (Wildman–Crippen MR) is 106 cm³/mol. The van der Waals surface area contributed by atoms with Crippen molar-refractivity contribution in [2.75, 3.05) is 6.61 Å². The lowest BCUT2D eigenvalue weighted by Gasteiger charge is -2.32. The van der Waals surface area contributed by atoms with E-state index in [1.807, 2.05) is 12.1 Å². The lowest BCUT2D eigenvalue weighted by Crippen LogP contribution is -2.29. The van der Waals surface area contributed by atoms with Crippen molar-refractivity contribution in [3.05, 3.63) is 29.8 Å². The molecule has 1 aromatic carbocycles. The van der Waals surface area contributed by atoms with Gasteiger partial charge in [0, 0.05) is 18.8 Å². The molecule has 1 aliphatic heterocycles. The highest BCUT2D eigenvalue weighted by molar-refractivity contribution is 5.69. The number of unbranched alkanes of at least 4 members (excludes halogenated alkanes) is 2. The van der Waals surface area contributed by atoms with Crippen LogP contribution in [0.3, 0.4) is 0 Å². The maximum Gasteiger partial charge on any atom is 0.306 e. The van der Waals surface area contributed by atoms with E-state index < -0.39 is 0 Å². The molecule has 0 amide bonds. The summed E-state index contributed by atoms with van der Waals surface area (Å²) in [6.45, 7) is 2.93. The van der Waals surface area contributed by atoms with E-state index in [9.17, 15) is 4.79 Å². The van der Waals surface area contributed by atoms with E-state index in [1.165, 1.54) is 12.0 Å². The molecule has 0 bridgehead atoms. The molecule has 0 radical (unpaired) electrons. The van der Waals surface area contributed by atoms with Crippen molar-refractivity contribution in [2.24, 2.45) is 0 Å². The minimum atomic E-state index is -0.132. The summed E-state index contributed by atoms with van der Waals surface area (Å²) in [4.78, 5) is 12.2. The Labute approximate surface area is 163 Å². The van der Waals surface area contributed by atoms with Crippen LogP contribution in [0.4, 0.5) is 0 Å². The third-order valence-corrected chi connectivity index (χ3v) is 5.66.